The Balaban J connectivity index is 3.28. The van der Waals surface area contributed by atoms with Crippen LogP contribution in [0.1, 0.15) is 0 Å². The van der Waals surface area contributed by atoms with E-state index in [0.717, 1.165) is 6.07 Å². The summed E-state index contributed by atoms with van der Waals surface area (Å²) in [6.45, 7) is 0. The largest absolute Gasteiger partial charge is 0.208 e. The van der Waals surface area contributed by atoms with E-state index in [9.17, 15) is 13.2 Å². The van der Waals surface area contributed by atoms with Crippen LogP contribution >= 0.6 is 0 Å². The van der Waals surface area contributed by atoms with Gasteiger partial charge in [-0.05, 0) is 6.07 Å². The normalized spacial score (nSPS) is 9.90. The van der Waals surface area contributed by atoms with Crippen LogP contribution in [0.5, 0.6) is 0 Å². The lowest BCUT2D eigenvalue weighted by Crippen LogP contribution is -2.10. The van der Waals surface area contributed by atoms with Crippen LogP contribution in [0.3, 0.4) is 0 Å². The zero-order valence-electron chi connectivity index (χ0n) is 5.29. The van der Waals surface area contributed by atoms with Gasteiger partial charge in [0, 0.05) is 6.07 Å². The molecule has 0 heterocycles. The van der Waals surface area contributed by atoms with Crippen molar-refractivity contribution in [3.63, 3.8) is 0 Å². The third-order valence-electron chi connectivity index (χ3n) is 1.20. The molecule has 0 N–H and O–H groups in total. The Hall–Kier alpha value is -0.925. The lowest BCUT2D eigenvalue weighted by molar-refractivity contribution is 0.497. The standard InChI is InChI=1S/C6H4BF3/c7-3-1-5(9)6(10)2-4(3)8/h1-2H,7H2. The van der Waals surface area contributed by atoms with Crippen LogP contribution in [0.15, 0.2) is 12.1 Å². The van der Waals surface area contributed by atoms with Crippen molar-refractivity contribution in [3.05, 3.63) is 29.6 Å². The summed E-state index contributed by atoms with van der Waals surface area (Å²) < 4.78 is 36.7. The average molecular weight is 144 g/mol. The predicted octanol–water partition coefficient (Wildman–Crippen LogP) is 0.362. The van der Waals surface area contributed by atoms with Gasteiger partial charge < -0.3 is 0 Å². The van der Waals surface area contributed by atoms with Crippen molar-refractivity contribution < 1.29 is 13.2 Å². The second kappa shape index (κ2) is 2.36. The van der Waals surface area contributed by atoms with E-state index in [4.69, 9.17) is 0 Å². The first kappa shape index (κ1) is 7.19. The Labute approximate surface area is 57.1 Å². The molecule has 0 bridgehead atoms. The highest BCUT2D eigenvalue weighted by atomic mass is 19.2. The van der Waals surface area contributed by atoms with Gasteiger partial charge in [0.1, 0.15) is 13.7 Å². The summed E-state index contributed by atoms with van der Waals surface area (Å²) in [4.78, 5) is 0. The van der Waals surface area contributed by atoms with Gasteiger partial charge >= 0.3 is 0 Å². The van der Waals surface area contributed by atoms with Crippen molar-refractivity contribution in [1.29, 1.82) is 0 Å². The van der Waals surface area contributed by atoms with Crippen molar-refractivity contribution in [2.45, 2.75) is 0 Å². The molecule has 0 unspecified atom stereocenters. The van der Waals surface area contributed by atoms with E-state index in [1.165, 1.54) is 7.85 Å². The van der Waals surface area contributed by atoms with Crippen LogP contribution in [-0.4, -0.2) is 7.85 Å². The second-order valence-corrected chi connectivity index (χ2v) is 2.02. The summed E-state index contributed by atoms with van der Waals surface area (Å²) in [5, 5.41) is 0. The quantitative estimate of drug-likeness (QED) is 0.364. The van der Waals surface area contributed by atoms with Crippen LogP contribution in [0.4, 0.5) is 13.2 Å². The fourth-order valence-corrected chi connectivity index (χ4v) is 0.622. The van der Waals surface area contributed by atoms with E-state index < -0.39 is 17.5 Å². The second-order valence-electron chi connectivity index (χ2n) is 2.02. The van der Waals surface area contributed by atoms with Crippen LogP contribution in [0, 0.1) is 17.5 Å². The van der Waals surface area contributed by atoms with E-state index in [1.54, 1.807) is 0 Å². The minimum Gasteiger partial charge on any atom is -0.208 e. The van der Waals surface area contributed by atoms with Gasteiger partial charge in [-0.3, -0.25) is 0 Å². The maximum absolute atomic E-state index is 12.4. The van der Waals surface area contributed by atoms with Crippen LogP contribution < -0.4 is 5.46 Å². The van der Waals surface area contributed by atoms with E-state index in [2.05, 4.69) is 0 Å². The number of hydrogen-bond donors (Lipinski definition) is 0. The fourth-order valence-electron chi connectivity index (χ4n) is 0.622. The van der Waals surface area contributed by atoms with Gasteiger partial charge in [-0.15, -0.1) is 0 Å². The minimum absolute atomic E-state index is 0.110. The fraction of sp³-hybridized carbons (Fsp3) is 0. The summed E-state index contributed by atoms with van der Waals surface area (Å²) in [5.74, 6) is -2.89. The van der Waals surface area contributed by atoms with Crippen molar-refractivity contribution in [3.8, 4) is 0 Å². The summed E-state index contributed by atoms with van der Waals surface area (Å²) in [6, 6.07) is 1.36. The van der Waals surface area contributed by atoms with Crippen LogP contribution in [-0.2, 0) is 0 Å². The Morgan fingerprint density at radius 3 is 1.90 bits per heavy atom. The van der Waals surface area contributed by atoms with E-state index in [0.29, 0.717) is 6.07 Å². The molecule has 52 valence electrons. The molecule has 0 saturated carbocycles. The minimum atomic E-state index is -1.15. The van der Waals surface area contributed by atoms with Gasteiger partial charge in [0.15, 0.2) is 11.6 Å². The van der Waals surface area contributed by atoms with Crippen molar-refractivity contribution >= 4 is 13.3 Å². The van der Waals surface area contributed by atoms with E-state index in [1.807, 2.05) is 0 Å². The molecule has 0 aliphatic rings. The summed E-state index contributed by atoms with van der Waals surface area (Å²) in [6.07, 6.45) is 0. The molecule has 0 atom stereocenters. The molecule has 0 aromatic heterocycles. The monoisotopic (exact) mass is 144 g/mol. The summed E-state index contributed by atoms with van der Waals surface area (Å²) in [5.41, 5.74) is 0.110. The maximum Gasteiger partial charge on any atom is 0.161 e. The van der Waals surface area contributed by atoms with E-state index in [-0.39, 0.29) is 5.46 Å². The highest BCUT2D eigenvalue weighted by Gasteiger charge is 2.04. The van der Waals surface area contributed by atoms with E-state index >= 15 is 0 Å². The Morgan fingerprint density at radius 1 is 0.900 bits per heavy atom. The molecule has 1 aromatic carbocycles. The Bertz CT molecular complexity index is 209. The van der Waals surface area contributed by atoms with Crippen LogP contribution in [0.25, 0.3) is 0 Å². The van der Waals surface area contributed by atoms with Crippen molar-refractivity contribution in [1.82, 2.24) is 0 Å². The molecule has 0 saturated heterocycles. The lowest BCUT2D eigenvalue weighted by atomic mass is 9.95. The third-order valence-corrected chi connectivity index (χ3v) is 1.20. The molecule has 0 nitrogen and oxygen atoms in total. The van der Waals surface area contributed by atoms with Gasteiger partial charge in [0.2, 0.25) is 0 Å². The SMILES string of the molecule is Bc1cc(F)c(F)cc1F. The Kier molecular flexibility index (Phi) is 1.70. The molecule has 0 fully saturated rings. The molecule has 1 aromatic rings. The number of hydrogen-bond acceptors (Lipinski definition) is 0. The molecule has 0 aliphatic carbocycles. The number of halogens is 3. The molecule has 0 aliphatic heterocycles. The highest BCUT2D eigenvalue weighted by Crippen LogP contribution is 2.03. The van der Waals surface area contributed by atoms with Gasteiger partial charge in [-0.25, -0.2) is 13.2 Å². The zero-order valence-corrected chi connectivity index (χ0v) is 5.29. The lowest BCUT2D eigenvalue weighted by Gasteiger charge is -1.95. The average Bonchev–Trinajstić information content (AvgIpc) is 1.84. The molecule has 1 rings (SSSR count). The molecule has 4 heteroatoms. The van der Waals surface area contributed by atoms with Crippen molar-refractivity contribution in [2.75, 3.05) is 0 Å². The van der Waals surface area contributed by atoms with Gasteiger partial charge in [-0.2, -0.15) is 0 Å². The van der Waals surface area contributed by atoms with Gasteiger partial charge in [0.25, 0.3) is 0 Å². The highest BCUT2D eigenvalue weighted by molar-refractivity contribution is 6.32. The third kappa shape index (κ3) is 1.15. The first-order valence-corrected chi connectivity index (χ1v) is 2.72. The first-order chi connectivity index (χ1) is 4.61. The zero-order chi connectivity index (χ0) is 7.72. The molecular formula is C6H4BF3. The van der Waals surface area contributed by atoms with Gasteiger partial charge in [-0.1, -0.05) is 5.46 Å². The molecule has 0 radical (unpaired) electrons. The van der Waals surface area contributed by atoms with Crippen LogP contribution in [0.2, 0.25) is 0 Å². The Morgan fingerprint density at radius 2 is 1.40 bits per heavy atom. The topological polar surface area (TPSA) is 0 Å². The number of rotatable bonds is 0. The molecular weight excluding hydrogens is 140 g/mol. The molecule has 0 spiro atoms. The predicted molar refractivity (Wildman–Crippen MR) is 34.5 cm³/mol. The summed E-state index contributed by atoms with van der Waals surface area (Å²) >= 11 is 0. The first-order valence-electron chi connectivity index (χ1n) is 2.72. The van der Waals surface area contributed by atoms with Crippen molar-refractivity contribution in [2.24, 2.45) is 0 Å². The summed E-state index contributed by atoms with van der Waals surface area (Å²) in [7, 11) is 1.37. The maximum atomic E-state index is 12.4. The molecule has 10 heavy (non-hydrogen) atoms. The smallest absolute Gasteiger partial charge is 0.161 e. The van der Waals surface area contributed by atoms with Gasteiger partial charge in [0.05, 0.1) is 0 Å². The molecule has 0 amide bonds. The number of benzene rings is 1.